The van der Waals surface area contributed by atoms with Gasteiger partial charge in [0.25, 0.3) is 0 Å². The summed E-state index contributed by atoms with van der Waals surface area (Å²) >= 11 is 5.82. The SMILES string of the molecule is CCCN1CCOC(c2ncc(CCl)c(C)n2)C1. The van der Waals surface area contributed by atoms with Crippen LogP contribution in [-0.2, 0) is 10.6 Å². The highest BCUT2D eigenvalue weighted by molar-refractivity contribution is 6.17. The van der Waals surface area contributed by atoms with Gasteiger partial charge in [0.2, 0.25) is 0 Å². The van der Waals surface area contributed by atoms with E-state index in [1.54, 1.807) is 0 Å². The minimum absolute atomic E-state index is 0.00613. The highest BCUT2D eigenvalue weighted by atomic mass is 35.5. The number of ether oxygens (including phenoxy) is 1. The molecule has 0 aromatic carbocycles. The maximum atomic E-state index is 5.82. The fraction of sp³-hybridized carbons (Fsp3) is 0.692. The van der Waals surface area contributed by atoms with E-state index in [9.17, 15) is 0 Å². The number of nitrogens with zero attached hydrogens (tertiary/aromatic N) is 3. The molecule has 2 heterocycles. The number of aromatic nitrogens is 2. The van der Waals surface area contributed by atoms with Crippen LogP contribution >= 0.6 is 11.6 Å². The van der Waals surface area contributed by atoms with Crippen LogP contribution in [0.4, 0.5) is 0 Å². The molecule has 0 spiro atoms. The Balaban J connectivity index is 2.08. The van der Waals surface area contributed by atoms with Gasteiger partial charge in [-0.3, -0.25) is 4.90 Å². The molecule has 0 amide bonds. The maximum Gasteiger partial charge on any atom is 0.158 e. The lowest BCUT2D eigenvalue weighted by atomic mass is 10.2. The van der Waals surface area contributed by atoms with Gasteiger partial charge in [-0.25, -0.2) is 9.97 Å². The molecule has 1 aromatic heterocycles. The predicted octanol–water partition coefficient (Wildman–Crippen LogP) is 2.31. The monoisotopic (exact) mass is 269 g/mol. The molecule has 0 saturated carbocycles. The Labute approximate surface area is 113 Å². The normalized spacial score (nSPS) is 21.2. The van der Waals surface area contributed by atoms with Crippen molar-refractivity contribution >= 4 is 11.6 Å². The molecule has 0 N–H and O–H groups in total. The first kappa shape index (κ1) is 13.7. The standard InChI is InChI=1S/C13H20ClN3O/c1-3-4-17-5-6-18-12(9-17)13-15-8-11(7-14)10(2)16-13/h8,12H,3-7,9H2,1-2H3. The molecular formula is C13H20ClN3O. The summed E-state index contributed by atoms with van der Waals surface area (Å²) in [6.07, 6.45) is 2.97. The van der Waals surface area contributed by atoms with E-state index in [0.29, 0.717) is 5.88 Å². The Morgan fingerprint density at radius 1 is 1.56 bits per heavy atom. The van der Waals surface area contributed by atoms with Gasteiger partial charge in [0, 0.05) is 30.5 Å². The summed E-state index contributed by atoms with van der Waals surface area (Å²) in [5.41, 5.74) is 1.94. The van der Waals surface area contributed by atoms with Gasteiger partial charge in [-0.2, -0.15) is 0 Å². The van der Waals surface area contributed by atoms with Crippen molar-refractivity contribution in [3.05, 3.63) is 23.3 Å². The lowest BCUT2D eigenvalue weighted by Crippen LogP contribution is -2.39. The van der Waals surface area contributed by atoms with Crippen molar-refractivity contribution in [2.75, 3.05) is 26.2 Å². The van der Waals surface area contributed by atoms with Crippen molar-refractivity contribution in [3.63, 3.8) is 0 Å². The summed E-state index contributed by atoms with van der Waals surface area (Å²) in [4.78, 5) is 11.3. The van der Waals surface area contributed by atoms with Crippen molar-refractivity contribution in [1.29, 1.82) is 0 Å². The van der Waals surface area contributed by atoms with Crippen LogP contribution in [0.5, 0.6) is 0 Å². The van der Waals surface area contributed by atoms with Gasteiger partial charge in [-0.05, 0) is 19.9 Å². The third kappa shape index (κ3) is 3.19. The first-order valence-corrected chi connectivity index (χ1v) is 7.00. The van der Waals surface area contributed by atoms with Crippen LogP contribution < -0.4 is 0 Å². The Kier molecular flexibility index (Phi) is 4.92. The Hall–Kier alpha value is -0.710. The zero-order valence-electron chi connectivity index (χ0n) is 11.0. The third-order valence-corrected chi connectivity index (χ3v) is 3.51. The number of hydrogen-bond donors (Lipinski definition) is 0. The van der Waals surface area contributed by atoms with E-state index in [1.165, 1.54) is 0 Å². The average molecular weight is 270 g/mol. The van der Waals surface area contributed by atoms with Gasteiger partial charge in [-0.1, -0.05) is 6.92 Å². The molecule has 4 nitrogen and oxygen atoms in total. The third-order valence-electron chi connectivity index (χ3n) is 3.22. The molecule has 1 aromatic rings. The van der Waals surface area contributed by atoms with Gasteiger partial charge >= 0.3 is 0 Å². The molecule has 1 aliphatic rings. The molecule has 2 rings (SSSR count). The molecule has 0 bridgehead atoms. The number of hydrogen-bond acceptors (Lipinski definition) is 4. The van der Waals surface area contributed by atoms with E-state index < -0.39 is 0 Å². The van der Waals surface area contributed by atoms with E-state index in [0.717, 1.165) is 49.7 Å². The molecule has 1 saturated heterocycles. The first-order valence-electron chi connectivity index (χ1n) is 6.47. The van der Waals surface area contributed by atoms with Gasteiger partial charge in [0.1, 0.15) is 6.10 Å². The molecule has 1 atom stereocenters. The number of halogens is 1. The van der Waals surface area contributed by atoms with Crippen molar-refractivity contribution in [3.8, 4) is 0 Å². The highest BCUT2D eigenvalue weighted by Crippen LogP contribution is 2.20. The van der Waals surface area contributed by atoms with E-state index in [2.05, 4.69) is 21.8 Å². The number of aryl methyl sites for hydroxylation is 1. The quantitative estimate of drug-likeness (QED) is 0.787. The minimum Gasteiger partial charge on any atom is -0.368 e. The fourth-order valence-corrected chi connectivity index (χ4v) is 2.44. The van der Waals surface area contributed by atoms with Gasteiger partial charge in [0.05, 0.1) is 12.5 Å². The molecule has 1 aliphatic heterocycles. The molecular weight excluding hydrogens is 250 g/mol. The lowest BCUT2D eigenvalue weighted by Gasteiger charge is -2.31. The summed E-state index contributed by atoms with van der Waals surface area (Å²) in [7, 11) is 0. The molecule has 18 heavy (non-hydrogen) atoms. The zero-order chi connectivity index (χ0) is 13.0. The van der Waals surface area contributed by atoms with Gasteiger partial charge in [-0.15, -0.1) is 11.6 Å². The molecule has 1 unspecified atom stereocenters. The fourth-order valence-electron chi connectivity index (χ4n) is 2.17. The number of rotatable bonds is 4. The molecule has 5 heteroatoms. The second-order valence-electron chi connectivity index (χ2n) is 4.63. The summed E-state index contributed by atoms with van der Waals surface area (Å²) < 4.78 is 5.77. The van der Waals surface area contributed by atoms with Crippen molar-refractivity contribution in [1.82, 2.24) is 14.9 Å². The summed E-state index contributed by atoms with van der Waals surface area (Å²) in [5, 5.41) is 0. The summed E-state index contributed by atoms with van der Waals surface area (Å²) in [6.45, 7) is 7.91. The average Bonchev–Trinajstić information content (AvgIpc) is 2.39. The number of morpholine rings is 1. The second-order valence-corrected chi connectivity index (χ2v) is 4.90. The maximum absolute atomic E-state index is 5.82. The smallest absolute Gasteiger partial charge is 0.158 e. The largest absolute Gasteiger partial charge is 0.368 e. The first-order chi connectivity index (χ1) is 8.74. The molecule has 0 aliphatic carbocycles. The summed E-state index contributed by atoms with van der Waals surface area (Å²) in [5.74, 6) is 1.24. The summed E-state index contributed by atoms with van der Waals surface area (Å²) in [6, 6.07) is 0. The van der Waals surface area contributed by atoms with E-state index in [1.807, 2.05) is 13.1 Å². The molecule has 100 valence electrons. The Morgan fingerprint density at radius 3 is 3.06 bits per heavy atom. The zero-order valence-corrected chi connectivity index (χ0v) is 11.8. The predicted molar refractivity (Wildman–Crippen MR) is 71.8 cm³/mol. The minimum atomic E-state index is -0.00613. The van der Waals surface area contributed by atoms with E-state index >= 15 is 0 Å². The van der Waals surface area contributed by atoms with Crippen molar-refractivity contribution < 1.29 is 4.74 Å². The topological polar surface area (TPSA) is 38.2 Å². The van der Waals surface area contributed by atoms with E-state index in [4.69, 9.17) is 16.3 Å². The second kappa shape index (κ2) is 6.45. The van der Waals surface area contributed by atoms with Gasteiger partial charge < -0.3 is 4.74 Å². The number of alkyl halides is 1. The van der Waals surface area contributed by atoms with Crippen LogP contribution in [0.25, 0.3) is 0 Å². The molecule has 1 fully saturated rings. The van der Waals surface area contributed by atoms with Crippen LogP contribution in [0, 0.1) is 6.92 Å². The molecule has 0 radical (unpaired) electrons. The van der Waals surface area contributed by atoms with Crippen LogP contribution in [0.2, 0.25) is 0 Å². The van der Waals surface area contributed by atoms with Crippen LogP contribution in [0.3, 0.4) is 0 Å². The highest BCUT2D eigenvalue weighted by Gasteiger charge is 2.23. The Bertz CT molecular complexity index is 398. The Morgan fingerprint density at radius 2 is 2.39 bits per heavy atom. The lowest BCUT2D eigenvalue weighted by molar-refractivity contribution is -0.0343. The van der Waals surface area contributed by atoms with Crippen molar-refractivity contribution in [2.24, 2.45) is 0 Å². The van der Waals surface area contributed by atoms with Crippen LogP contribution in [0.1, 0.15) is 36.5 Å². The van der Waals surface area contributed by atoms with Gasteiger partial charge in [0.15, 0.2) is 5.82 Å². The van der Waals surface area contributed by atoms with Crippen LogP contribution in [0.15, 0.2) is 6.20 Å². The van der Waals surface area contributed by atoms with E-state index in [-0.39, 0.29) is 6.10 Å². The van der Waals surface area contributed by atoms with Crippen molar-refractivity contribution in [2.45, 2.75) is 32.3 Å². The van der Waals surface area contributed by atoms with Crippen LogP contribution in [-0.4, -0.2) is 41.1 Å².